The molecular formula is C12H14N2. The molecule has 0 saturated carbocycles. The molecule has 0 saturated heterocycles. The van der Waals surface area contributed by atoms with Crippen LogP contribution in [0.15, 0.2) is 54.9 Å². The Morgan fingerprint density at radius 2 is 1.50 bits per heavy atom. The Kier molecular flexibility index (Phi) is 4.21. The first-order chi connectivity index (χ1) is 6.79. The fourth-order valence-electron chi connectivity index (χ4n) is 0.898. The monoisotopic (exact) mass is 186 g/mol. The number of aromatic nitrogens is 1. The molecule has 0 bridgehead atoms. The lowest BCUT2D eigenvalue weighted by Gasteiger charge is -1.83. The molecule has 0 spiro atoms. The quantitative estimate of drug-likeness (QED) is 0.687. The second-order valence-corrected chi connectivity index (χ2v) is 2.94. The van der Waals surface area contributed by atoms with Gasteiger partial charge in [0.1, 0.15) is 0 Å². The minimum absolute atomic E-state index is 0.759. The van der Waals surface area contributed by atoms with Gasteiger partial charge in [0, 0.05) is 18.1 Å². The van der Waals surface area contributed by atoms with Gasteiger partial charge >= 0.3 is 0 Å². The summed E-state index contributed by atoms with van der Waals surface area (Å²) in [5.41, 5.74) is 7.40. The minimum atomic E-state index is 0.759. The largest absolute Gasteiger partial charge is 0.399 e. The van der Waals surface area contributed by atoms with E-state index in [0.717, 1.165) is 5.69 Å². The van der Waals surface area contributed by atoms with E-state index in [1.165, 1.54) is 5.56 Å². The highest BCUT2D eigenvalue weighted by Crippen LogP contribution is 1.93. The van der Waals surface area contributed by atoms with Gasteiger partial charge in [0.05, 0.1) is 0 Å². The van der Waals surface area contributed by atoms with E-state index in [1.807, 2.05) is 18.2 Å². The van der Waals surface area contributed by atoms with Gasteiger partial charge in [-0.2, -0.15) is 0 Å². The van der Waals surface area contributed by atoms with Crippen molar-refractivity contribution in [1.82, 2.24) is 4.98 Å². The van der Waals surface area contributed by atoms with Crippen molar-refractivity contribution in [3.8, 4) is 0 Å². The van der Waals surface area contributed by atoms with Gasteiger partial charge in [-0.3, -0.25) is 4.98 Å². The fourth-order valence-corrected chi connectivity index (χ4v) is 0.898. The van der Waals surface area contributed by atoms with Crippen LogP contribution in [0.3, 0.4) is 0 Å². The minimum Gasteiger partial charge on any atom is -0.399 e. The van der Waals surface area contributed by atoms with Crippen LogP contribution in [0.4, 0.5) is 5.69 Å². The number of hydrogen-bond donors (Lipinski definition) is 1. The topological polar surface area (TPSA) is 38.9 Å². The summed E-state index contributed by atoms with van der Waals surface area (Å²) in [6.07, 6.45) is 3.32. The van der Waals surface area contributed by atoms with Crippen LogP contribution in [0.2, 0.25) is 0 Å². The Hall–Kier alpha value is -1.83. The molecule has 0 radical (unpaired) electrons. The lowest BCUT2D eigenvalue weighted by Crippen LogP contribution is -1.81. The third-order valence-electron chi connectivity index (χ3n) is 1.65. The third-order valence-corrected chi connectivity index (χ3v) is 1.65. The van der Waals surface area contributed by atoms with Crippen molar-refractivity contribution >= 4 is 5.69 Å². The zero-order valence-corrected chi connectivity index (χ0v) is 8.22. The van der Waals surface area contributed by atoms with Gasteiger partial charge in [-0.15, -0.1) is 0 Å². The molecule has 2 heteroatoms. The average Bonchev–Trinajstić information content (AvgIpc) is 2.21. The van der Waals surface area contributed by atoms with Gasteiger partial charge < -0.3 is 5.73 Å². The molecule has 0 fully saturated rings. The van der Waals surface area contributed by atoms with Gasteiger partial charge in [-0.25, -0.2) is 0 Å². The van der Waals surface area contributed by atoms with Gasteiger partial charge in [0.15, 0.2) is 0 Å². The van der Waals surface area contributed by atoms with Crippen LogP contribution in [-0.4, -0.2) is 4.98 Å². The number of benzene rings is 1. The number of rotatable bonds is 0. The Bertz CT molecular complexity index is 306. The Morgan fingerprint density at radius 3 is 1.79 bits per heavy atom. The number of pyridine rings is 1. The van der Waals surface area contributed by atoms with Crippen LogP contribution < -0.4 is 5.73 Å². The summed E-state index contributed by atoms with van der Waals surface area (Å²) >= 11 is 0. The van der Waals surface area contributed by atoms with Crippen LogP contribution in [0.25, 0.3) is 0 Å². The maximum absolute atomic E-state index is 5.32. The molecule has 2 rings (SSSR count). The number of aryl methyl sites for hydroxylation is 1. The van der Waals surface area contributed by atoms with E-state index >= 15 is 0 Å². The fraction of sp³-hybridized carbons (Fsp3) is 0.0833. The smallest absolute Gasteiger partial charge is 0.0344 e. The maximum Gasteiger partial charge on any atom is 0.0344 e. The molecule has 1 aromatic carbocycles. The molecule has 2 N–H and O–H groups in total. The lowest BCUT2D eigenvalue weighted by atomic mass is 10.2. The standard InChI is InChI=1S/C7H8.C5H6N2/c1-7-5-3-2-4-6-7;6-5-1-3-7-4-2-5/h2-6H,1H3;1-4H,(H2,6,7). The Morgan fingerprint density at radius 1 is 0.929 bits per heavy atom. The highest BCUT2D eigenvalue weighted by molar-refractivity contribution is 5.33. The molecule has 0 unspecified atom stereocenters. The summed E-state index contributed by atoms with van der Waals surface area (Å²) < 4.78 is 0. The maximum atomic E-state index is 5.32. The number of anilines is 1. The third kappa shape index (κ3) is 4.26. The molecule has 2 aromatic rings. The molecule has 72 valence electrons. The summed E-state index contributed by atoms with van der Waals surface area (Å²) in [5, 5.41) is 0. The van der Waals surface area contributed by atoms with E-state index in [0.29, 0.717) is 0 Å². The summed E-state index contributed by atoms with van der Waals surface area (Å²) in [4.78, 5) is 3.77. The first-order valence-corrected chi connectivity index (χ1v) is 4.46. The summed E-state index contributed by atoms with van der Waals surface area (Å²) in [6.45, 7) is 2.08. The van der Waals surface area contributed by atoms with Gasteiger partial charge in [-0.1, -0.05) is 35.9 Å². The first kappa shape index (κ1) is 10.3. The zero-order chi connectivity index (χ0) is 10.2. The lowest BCUT2D eigenvalue weighted by molar-refractivity contribution is 1.33. The molecule has 0 amide bonds. The molecule has 0 aliphatic heterocycles. The van der Waals surface area contributed by atoms with Crippen LogP contribution in [0.1, 0.15) is 5.56 Å². The molecule has 0 atom stereocenters. The second kappa shape index (κ2) is 5.75. The number of nitrogens with two attached hydrogens (primary N) is 1. The van der Waals surface area contributed by atoms with E-state index in [9.17, 15) is 0 Å². The Labute approximate surface area is 84.4 Å². The van der Waals surface area contributed by atoms with Crippen molar-refractivity contribution in [3.63, 3.8) is 0 Å². The summed E-state index contributed by atoms with van der Waals surface area (Å²) in [7, 11) is 0. The van der Waals surface area contributed by atoms with E-state index in [4.69, 9.17) is 5.73 Å². The van der Waals surface area contributed by atoms with E-state index in [1.54, 1.807) is 24.5 Å². The van der Waals surface area contributed by atoms with E-state index in [-0.39, 0.29) is 0 Å². The van der Waals surface area contributed by atoms with E-state index < -0.39 is 0 Å². The van der Waals surface area contributed by atoms with Crippen LogP contribution >= 0.6 is 0 Å². The summed E-state index contributed by atoms with van der Waals surface area (Å²) in [6, 6.07) is 13.8. The zero-order valence-electron chi connectivity index (χ0n) is 8.22. The number of nitrogens with zero attached hydrogens (tertiary/aromatic N) is 1. The van der Waals surface area contributed by atoms with Crippen molar-refractivity contribution in [2.75, 3.05) is 5.73 Å². The van der Waals surface area contributed by atoms with Gasteiger partial charge in [0.25, 0.3) is 0 Å². The van der Waals surface area contributed by atoms with Gasteiger partial charge in [0.2, 0.25) is 0 Å². The molecule has 1 heterocycles. The molecule has 0 aliphatic carbocycles. The Balaban J connectivity index is 0.000000140. The number of hydrogen-bond acceptors (Lipinski definition) is 2. The molecular weight excluding hydrogens is 172 g/mol. The van der Waals surface area contributed by atoms with Crippen LogP contribution in [-0.2, 0) is 0 Å². The van der Waals surface area contributed by atoms with Crippen molar-refractivity contribution in [1.29, 1.82) is 0 Å². The average molecular weight is 186 g/mol. The molecule has 2 nitrogen and oxygen atoms in total. The summed E-state index contributed by atoms with van der Waals surface area (Å²) in [5.74, 6) is 0. The van der Waals surface area contributed by atoms with Crippen LogP contribution in [0.5, 0.6) is 0 Å². The second-order valence-electron chi connectivity index (χ2n) is 2.94. The molecule has 1 aromatic heterocycles. The highest BCUT2D eigenvalue weighted by Gasteiger charge is 1.73. The highest BCUT2D eigenvalue weighted by atomic mass is 14.6. The van der Waals surface area contributed by atoms with Crippen molar-refractivity contribution in [2.45, 2.75) is 6.92 Å². The van der Waals surface area contributed by atoms with Crippen LogP contribution in [0, 0.1) is 6.92 Å². The first-order valence-electron chi connectivity index (χ1n) is 4.46. The van der Waals surface area contributed by atoms with Crippen molar-refractivity contribution in [3.05, 3.63) is 60.4 Å². The normalized spacial score (nSPS) is 8.64. The predicted octanol–water partition coefficient (Wildman–Crippen LogP) is 2.66. The van der Waals surface area contributed by atoms with Crippen molar-refractivity contribution < 1.29 is 0 Å². The van der Waals surface area contributed by atoms with Crippen molar-refractivity contribution in [2.24, 2.45) is 0 Å². The number of nitrogen functional groups attached to an aromatic ring is 1. The molecule has 14 heavy (non-hydrogen) atoms. The predicted molar refractivity (Wildman–Crippen MR) is 59.8 cm³/mol. The SMILES string of the molecule is Cc1ccccc1.Nc1ccncc1. The molecule has 0 aliphatic rings. The van der Waals surface area contributed by atoms with Gasteiger partial charge in [-0.05, 0) is 19.1 Å². The van der Waals surface area contributed by atoms with E-state index in [2.05, 4.69) is 24.0 Å².